The molecule has 0 amide bonds. The smallest absolute Gasteiger partial charge is 0.167 e. The van der Waals surface area contributed by atoms with Gasteiger partial charge in [-0.25, -0.2) is 8.78 Å². The van der Waals surface area contributed by atoms with Gasteiger partial charge in [-0.15, -0.1) is 0 Å². The van der Waals surface area contributed by atoms with E-state index in [0.29, 0.717) is 17.9 Å². The fourth-order valence-electron chi connectivity index (χ4n) is 2.10. The standard InChI is InChI=1S/C16H18F2N2O/c1-3-21-16-9-15(14(19)8-13(16)18)20-10(2)11-6-4-5-7-12(11)17/h4-10,20H,3,19H2,1-2H3. The van der Waals surface area contributed by atoms with Gasteiger partial charge in [0.2, 0.25) is 0 Å². The van der Waals surface area contributed by atoms with Gasteiger partial charge in [0.25, 0.3) is 0 Å². The molecule has 1 atom stereocenters. The molecule has 112 valence electrons. The van der Waals surface area contributed by atoms with Crippen LogP contribution in [0.5, 0.6) is 5.75 Å². The number of nitrogen functional groups attached to an aromatic ring is 1. The molecule has 0 fully saturated rings. The lowest BCUT2D eigenvalue weighted by Crippen LogP contribution is -2.10. The Morgan fingerprint density at radius 1 is 1.19 bits per heavy atom. The Morgan fingerprint density at radius 2 is 1.90 bits per heavy atom. The molecule has 0 aliphatic carbocycles. The summed E-state index contributed by atoms with van der Waals surface area (Å²) in [5.41, 5.74) is 7.07. The second kappa shape index (κ2) is 6.43. The minimum absolute atomic E-state index is 0.120. The van der Waals surface area contributed by atoms with Crippen LogP contribution in [0, 0.1) is 11.6 Å². The Labute approximate surface area is 122 Å². The Bertz CT molecular complexity index is 632. The predicted octanol–water partition coefficient (Wildman–Crippen LogP) is 4.12. The number of hydrogen-bond donors (Lipinski definition) is 2. The SMILES string of the molecule is CCOc1cc(NC(C)c2ccccc2F)c(N)cc1F. The van der Waals surface area contributed by atoms with Crippen molar-refractivity contribution < 1.29 is 13.5 Å². The number of benzene rings is 2. The quantitative estimate of drug-likeness (QED) is 0.815. The van der Waals surface area contributed by atoms with Crippen molar-refractivity contribution >= 4 is 11.4 Å². The molecule has 0 aliphatic heterocycles. The molecule has 0 aromatic heterocycles. The number of halogens is 2. The van der Waals surface area contributed by atoms with E-state index >= 15 is 0 Å². The van der Waals surface area contributed by atoms with Gasteiger partial charge in [0.05, 0.1) is 24.0 Å². The molecule has 0 saturated carbocycles. The lowest BCUT2D eigenvalue weighted by atomic mass is 10.1. The molecule has 0 radical (unpaired) electrons. The first-order chi connectivity index (χ1) is 10.0. The van der Waals surface area contributed by atoms with Gasteiger partial charge in [-0.2, -0.15) is 0 Å². The van der Waals surface area contributed by atoms with E-state index in [4.69, 9.17) is 10.5 Å². The van der Waals surface area contributed by atoms with E-state index in [1.807, 2.05) is 6.92 Å². The molecule has 0 saturated heterocycles. The van der Waals surface area contributed by atoms with Crippen molar-refractivity contribution in [3.8, 4) is 5.75 Å². The molecule has 2 aromatic carbocycles. The Kier molecular flexibility index (Phi) is 4.62. The third-order valence-corrected chi connectivity index (χ3v) is 3.15. The van der Waals surface area contributed by atoms with Crippen LogP contribution in [-0.2, 0) is 0 Å². The van der Waals surface area contributed by atoms with Crippen molar-refractivity contribution in [3.05, 3.63) is 53.6 Å². The summed E-state index contributed by atoms with van der Waals surface area (Å²) in [6.45, 7) is 3.93. The highest BCUT2D eigenvalue weighted by Gasteiger charge is 2.14. The van der Waals surface area contributed by atoms with Gasteiger partial charge < -0.3 is 15.8 Å². The van der Waals surface area contributed by atoms with E-state index in [-0.39, 0.29) is 23.3 Å². The first-order valence-electron chi connectivity index (χ1n) is 6.75. The molecule has 1 unspecified atom stereocenters. The molecule has 3 N–H and O–H groups in total. The van der Waals surface area contributed by atoms with E-state index in [1.165, 1.54) is 18.2 Å². The molecule has 0 spiro atoms. The fraction of sp³-hybridized carbons (Fsp3) is 0.250. The van der Waals surface area contributed by atoms with Crippen molar-refractivity contribution in [1.82, 2.24) is 0 Å². The van der Waals surface area contributed by atoms with Crippen LogP contribution in [0.25, 0.3) is 0 Å². The van der Waals surface area contributed by atoms with Gasteiger partial charge in [-0.05, 0) is 19.9 Å². The summed E-state index contributed by atoms with van der Waals surface area (Å²) in [4.78, 5) is 0. The molecule has 0 bridgehead atoms. The van der Waals surface area contributed by atoms with Gasteiger partial charge in [-0.3, -0.25) is 0 Å². The van der Waals surface area contributed by atoms with E-state index in [0.717, 1.165) is 0 Å². The van der Waals surface area contributed by atoms with Crippen molar-refractivity contribution in [2.24, 2.45) is 0 Å². The molecule has 0 heterocycles. The van der Waals surface area contributed by atoms with Gasteiger partial charge in [0, 0.05) is 17.7 Å². The summed E-state index contributed by atoms with van der Waals surface area (Å²) in [7, 11) is 0. The molecule has 3 nitrogen and oxygen atoms in total. The Balaban J connectivity index is 2.27. The van der Waals surface area contributed by atoms with E-state index in [1.54, 1.807) is 25.1 Å². The normalized spacial score (nSPS) is 12.0. The zero-order valence-electron chi connectivity index (χ0n) is 12.0. The maximum Gasteiger partial charge on any atom is 0.167 e. The van der Waals surface area contributed by atoms with Crippen LogP contribution in [0.15, 0.2) is 36.4 Å². The van der Waals surface area contributed by atoms with Crippen LogP contribution < -0.4 is 15.8 Å². The lowest BCUT2D eigenvalue weighted by molar-refractivity contribution is 0.322. The molecule has 5 heteroatoms. The van der Waals surface area contributed by atoms with Crippen molar-refractivity contribution in [1.29, 1.82) is 0 Å². The molecule has 2 rings (SSSR count). The summed E-state index contributed by atoms with van der Waals surface area (Å²) in [5, 5.41) is 3.08. The Morgan fingerprint density at radius 3 is 2.57 bits per heavy atom. The minimum atomic E-state index is -0.515. The van der Waals surface area contributed by atoms with Crippen LogP contribution in [0.4, 0.5) is 20.2 Å². The summed E-state index contributed by atoms with van der Waals surface area (Å²) in [5.74, 6) is -0.698. The summed E-state index contributed by atoms with van der Waals surface area (Å²) in [6.07, 6.45) is 0. The number of nitrogens with two attached hydrogens (primary N) is 1. The summed E-state index contributed by atoms with van der Waals surface area (Å²) < 4.78 is 32.6. The zero-order chi connectivity index (χ0) is 15.4. The number of hydrogen-bond acceptors (Lipinski definition) is 3. The average molecular weight is 292 g/mol. The zero-order valence-corrected chi connectivity index (χ0v) is 12.0. The highest BCUT2D eigenvalue weighted by atomic mass is 19.1. The highest BCUT2D eigenvalue weighted by Crippen LogP contribution is 2.31. The number of ether oxygens (including phenoxy) is 1. The molecule has 2 aromatic rings. The Hall–Kier alpha value is -2.30. The van der Waals surface area contributed by atoms with Gasteiger partial charge in [0.15, 0.2) is 11.6 Å². The molecular weight excluding hydrogens is 274 g/mol. The molecule has 0 aliphatic rings. The van der Waals surface area contributed by atoms with E-state index < -0.39 is 5.82 Å². The topological polar surface area (TPSA) is 47.3 Å². The average Bonchev–Trinajstić information content (AvgIpc) is 2.44. The second-order valence-corrected chi connectivity index (χ2v) is 4.69. The first kappa shape index (κ1) is 15.1. The lowest BCUT2D eigenvalue weighted by Gasteiger charge is -2.19. The highest BCUT2D eigenvalue weighted by molar-refractivity contribution is 5.69. The van der Waals surface area contributed by atoms with Crippen molar-refractivity contribution in [2.45, 2.75) is 19.9 Å². The largest absolute Gasteiger partial charge is 0.491 e. The molecular formula is C16H18F2N2O. The molecule has 21 heavy (non-hydrogen) atoms. The van der Waals surface area contributed by atoms with Crippen LogP contribution in [0.2, 0.25) is 0 Å². The minimum Gasteiger partial charge on any atom is -0.491 e. The van der Waals surface area contributed by atoms with Crippen LogP contribution in [0.1, 0.15) is 25.5 Å². The first-order valence-corrected chi connectivity index (χ1v) is 6.75. The number of rotatable bonds is 5. The number of anilines is 2. The number of nitrogens with one attached hydrogen (secondary N) is 1. The van der Waals surface area contributed by atoms with Crippen molar-refractivity contribution in [3.63, 3.8) is 0 Å². The third-order valence-electron chi connectivity index (χ3n) is 3.15. The van der Waals surface area contributed by atoms with Crippen molar-refractivity contribution in [2.75, 3.05) is 17.7 Å². The van der Waals surface area contributed by atoms with Gasteiger partial charge in [0.1, 0.15) is 5.82 Å². The maximum absolute atomic E-state index is 13.8. The fourth-order valence-corrected chi connectivity index (χ4v) is 2.10. The van der Waals surface area contributed by atoms with Crippen LogP contribution in [0.3, 0.4) is 0 Å². The van der Waals surface area contributed by atoms with Crippen LogP contribution in [-0.4, -0.2) is 6.61 Å². The van der Waals surface area contributed by atoms with Gasteiger partial charge in [-0.1, -0.05) is 18.2 Å². The van der Waals surface area contributed by atoms with E-state index in [2.05, 4.69) is 5.32 Å². The second-order valence-electron chi connectivity index (χ2n) is 4.69. The predicted molar refractivity (Wildman–Crippen MR) is 80.4 cm³/mol. The van der Waals surface area contributed by atoms with Crippen LogP contribution >= 0.6 is 0 Å². The third kappa shape index (κ3) is 3.42. The maximum atomic E-state index is 13.8. The summed E-state index contributed by atoms with van der Waals surface area (Å²) in [6, 6.07) is 8.85. The monoisotopic (exact) mass is 292 g/mol. The van der Waals surface area contributed by atoms with Gasteiger partial charge >= 0.3 is 0 Å². The summed E-state index contributed by atoms with van der Waals surface area (Å²) >= 11 is 0. The van der Waals surface area contributed by atoms with E-state index in [9.17, 15) is 8.78 Å².